The number of fused-ring (bicyclic) bond motifs is 1. The third-order valence-electron chi connectivity index (χ3n) is 4.30. The van der Waals surface area contributed by atoms with Gasteiger partial charge in [-0.25, -0.2) is 4.98 Å². The summed E-state index contributed by atoms with van der Waals surface area (Å²) in [6.07, 6.45) is -3.06. The lowest BCUT2D eigenvalue weighted by molar-refractivity contribution is -0.138. The van der Waals surface area contributed by atoms with Gasteiger partial charge >= 0.3 is 6.18 Å². The maximum absolute atomic E-state index is 13.2. The van der Waals surface area contributed by atoms with Crippen LogP contribution >= 0.6 is 0 Å². The number of methoxy groups -OCH3 is 1. The molecule has 152 valence electrons. The molecule has 0 saturated heterocycles. The fourth-order valence-corrected chi connectivity index (χ4v) is 2.90. The smallest absolute Gasteiger partial charge is 0.419 e. The second-order valence-corrected chi connectivity index (χ2v) is 6.29. The number of anilines is 1. The number of hydrogen-bond donors (Lipinski definition) is 1. The van der Waals surface area contributed by atoms with Crippen molar-refractivity contribution in [3.63, 3.8) is 0 Å². The summed E-state index contributed by atoms with van der Waals surface area (Å²) in [6, 6.07) is 13.2. The molecule has 30 heavy (non-hydrogen) atoms. The first-order chi connectivity index (χ1) is 14.3. The first-order valence-electron chi connectivity index (χ1n) is 8.74. The zero-order valence-electron chi connectivity index (χ0n) is 15.5. The fourth-order valence-electron chi connectivity index (χ4n) is 2.90. The molecule has 0 aliphatic carbocycles. The molecule has 6 nitrogen and oxygen atoms in total. The van der Waals surface area contributed by atoms with Crippen molar-refractivity contribution in [2.75, 3.05) is 12.4 Å². The molecule has 2 aromatic heterocycles. The Morgan fingerprint density at radius 2 is 1.93 bits per heavy atom. The van der Waals surface area contributed by atoms with E-state index in [1.807, 2.05) is 0 Å². The molecule has 1 amide bonds. The molecule has 0 saturated carbocycles. The van der Waals surface area contributed by atoms with Crippen molar-refractivity contribution in [3.8, 4) is 17.2 Å². The molecule has 0 fully saturated rings. The van der Waals surface area contributed by atoms with E-state index < -0.39 is 17.6 Å². The number of hydrogen-bond acceptors (Lipinski definition) is 5. The van der Waals surface area contributed by atoms with Crippen molar-refractivity contribution in [3.05, 3.63) is 71.9 Å². The van der Waals surface area contributed by atoms with Crippen LogP contribution in [0.15, 0.2) is 65.2 Å². The van der Waals surface area contributed by atoms with Gasteiger partial charge in [0.15, 0.2) is 11.2 Å². The van der Waals surface area contributed by atoms with Gasteiger partial charge in [0.2, 0.25) is 5.89 Å². The molecule has 4 rings (SSSR count). The van der Waals surface area contributed by atoms with Gasteiger partial charge in [0.05, 0.1) is 12.7 Å². The van der Waals surface area contributed by atoms with Crippen molar-refractivity contribution in [1.29, 1.82) is 0 Å². The summed E-state index contributed by atoms with van der Waals surface area (Å²) in [5.41, 5.74) is 0.735. The van der Waals surface area contributed by atoms with Gasteiger partial charge in [-0.05, 0) is 48.5 Å². The van der Waals surface area contributed by atoms with E-state index in [-0.39, 0.29) is 11.3 Å². The van der Waals surface area contributed by atoms with E-state index in [9.17, 15) is 18.0 Å². The highest BCUT2D eigenvalue weighted by Gasteiger charge is 2.35. The van der Waals surface area contributed by atoms with Crippen molar-refractivity contribution in [1.82, 2.24) is 9.97 Å². The summed E-state index contributed by atoms with van der Waals surface area (Å²) in [5, 5.41) is 2.59. The van der Waals surface area contributed by atoms with Crippen LogP contribution in [0.3, 0.4) is 0 Å². The molecule has 0 radical (unpaired) electrons. The van der Waals surface area contributed by atoms with Crippen LogP contribution in [-0.2, 0) is 6.18 Å². The molecule has 9 heteroatoms. The predicted molar refractivity (Wildman–Crippen MR) is 103 cm³/mol. The van der Waals surface area contributed by atoms with E-state index in [1.54, 1.807) is 42.6 Å². The molecular formula is C21H14F3N3O3. The monoisotopic (exact) mass is 413 g/mol. The van der Waals surface area contributed by atoms with E-state index in [0.29, 0.717) is 28.4 Å². The zero-order valence-corrected chi connectivity index (χ0v) is 15.5. The number of carbonyl (C=O) groups excluding carboxylic acids is 1. The number of carbonyl (C=O) groups is 1. The number of oxazole rings is 1. The maximum Gasteiger partial charge on any atom is 0.419 e. The Kier molecular flexibility index (Phi) is 4.86. The Balaban J connectivity index is 1.60. The third kappa shape index (κ3) is 3.82. The van der Waals surface area contributed by atoms with Gasteiger partial charge in [0.1, 0.15) is 5.75 Å². The lowest BCUT2D eigenvalue weighted by atomic mass is 10.1. The topological polar surface area (TPSA) is 77.2 Å². The van der Waals surface area contributed by atoms with Crippen LogP contribution in [0.4, 0.5) is 18.9 Å². The minimum atomic E-state index is -4.65. The molecule has 0 bridgehead atoms. The highest BCUT2D eigenvalue weighted by atomic mass is 19.4. The van der Waals surface area contributed by atoms with Gasteiger partial charge in [-0.2, -0.15) is 18.2 Å². The number of aromatic nitrogens is 2. The summed E-state index contributed by atoms with van der Waals surface area (Å²) < 4.78 is 50.0. The molecule has 2 aromatic carbocycles. The van der Waals surface area contributed by atoms with E-state index in [0.717, 1.165) is 19.2 Å². The van der Waals surface area contributed by atoms with E-state index >= 15 is 0 Å². The van der Waals surface area contributed by atoms with Crippen LogP contribution in [0.2, 0.25) is 0 Å². The highest BCUT2D eigenvalue weighted by molar-refractivity contribution is 6.04. The molecule has 0 unspecified atom stereocenters. The number of benzene rings is 2. The van der Waals surface area contributed by atoms with Crippen LogP contribution in [0, 0.1) is 0 Å². The van der Waals surface area contributed by atoms with Crippen LogP contribution in [0.5, 0.6) is 5.75 Å². The minimum Gasteiger partial charge on any atom is -0.496 e. The van der Waals surface area contributed by atoms with Gasteiger partial charge in [0.25, 0.3) is 5.91 Å². The normalized spacial score (nSPS) is 11.5. The average Bonchev–Trinajstić information content (AvgIpc) is 3.17. The van der Waals surface area contributed by atoms with Gasteiger partial charge < -0.3 is 14.5 Å². The van der Waals surface area contributed by atoms with Crippen LogP contribution in [-0.4, -0.2) is 23.0 Å². The number of amides is 1. The lowest BCUT2D eigenvalue weighted by Crippen LogP contribution is -2.14. The first kappa shape index (κ1) is 19.4. The van der Waals surface area contributed by atoms with E-state index in [2.05, 4.69) is 15.3 Å². The number of rotatable bonds is 4. The number of halogens is 3. The average molecular weight is 413 g/mol. The molecule has 0 spiro atoms. The Morgan fingerprint density at radius 3 is 2.67 bits per heavy atom. The summed E-state index contributed by atoms with van der Waals surface area (Å²) in [5.74, 6) is -0.742. The summed E-state index contributed by atoms with van der Waals surface area (Å²) in [7, 11) is 1.14. The van der Waals surface area contributed by atoms with Crippen LogP contribution < -0.4 is 10.1 Å². The SMILES string of the molecule is COc1ccc(C(=O)Nc2cccc(-c3nc4ncccc4o3)c2)cc1C(F)(F)F. The van der Waals surface area contributed by atoms with Gasteiger partial charge in [-0.15, -0.1) is 0 Å². The Labute approximate surface area is 168 Å². The van der Waals surface area contributed by atoms with Gasteiger partial charge in [0, 0.05) is 23.0 Å². The highest BCUT2D eigenvalue weighted by Crippen LogP contribution is 2.36. The third-order valence-corrected chi connectivity index (χ3v) is 4.30. The van der Waals surface area contributed by atoms with Crippen LogP contribution in [0.25, 0.3) is 22.7 Å². The largest absolute Gasteiger partial charge is 0.496 e. The van der Waals surface area contributed by atoms with Crippen LogP contribution in [0.1, 0.15) is 15.9 Å². The molecule has 2 heterocycles. The van der Waals surface area contributed by atoms with Crippen molar-refractivity contribution >= 4 is 22.8 Å². The minimum absolute atomic E-state index is 0.153. The van der Waals surface area contributed by atoms with Gasteiger partial charge in [-0.1, -0.05) is 6.07 Å². The van der Waals surface area contributed by atoms with E-state index in [4.69, 9.17) is 9.15 Å². The van der Waals surface area contributed by atoms with Crippen molar-refractivity contribution < 1.29 is 27.1 Å². The van der Waals surface area contributed by atoms with Crippen molar-refractivity contribution in [2.24, 2.45) is 0 Å². The summed E-state index contributed by atoms with van der Waals surface area (Å²) in [4.78, 5) is 20.9. The standard InChI is InChI=1S/C21H14F3N3O3/c1-29-16-8-7-12(11-15(16)21(22,23)24)19(28)26-14-5-2-4-13(10-14)20-27-18-17(30-20)6-3-9-25-18/h2-11H,1H3,(H,26,28). The molecule has 0 aliphatic rings. The zero-order chi connectivity index (χ0) is 21.3. The molecular weight excluding hydrogens is 399 g/mol. The molecule has 0 aliphatic heterocycles. The number of pyridine rings is 1. The summed E-state index contributed by atoms with van der Waals surface area (Å²) >= 11 is 0. The lowest BCUT2D eigenvalue weighted by Gasteiger charge is -2.13. The number of ether oxygens (including phenoxy) is 1. The first-order valence-corrected chi connectivity index (χ1v) is 8.74. The second kappa shape index (κ2) is 7.51. The maximum atomic E-state index is 13.2. The Morgan fingerprint density at radius 1 is 1.10 bits per heavy atom. The predicted octanol–water partition coefficient (Wildman–Crippen LogP) is 5.17. The van der Waals surface area contributed by atoms with Crippen molar-refractivity contribution in [2.45, 2.75) is 6.18 Å². The second-order valence-electron chi connectivity index (χ2n) is 6.29. The van der Waals surface area contributed by atoms with Gasteiger partial charge in [-0.3, -0.25) is 4.79 Å². The molecule has 1 N–H and O–H groups in total. The molecule has 4 aromatic rings. The quantitative estimate of drug-likeness (QED) is 0.500. The Bertz CT molecular complexity index is 1200. The molecule has 0 atom stereocenters. The number of nitrogens with zero attached hydrogens (tertiary/aromatic N) is 2. The fraction of sp³-hybridized carbons (Fsp3) is 0.0952. The van der Waals surface area contributed by atoms with E-state index in [1.165, 1.54) is 6.07 Å². The number of alkyl halides is 3. The Hall–Kier alpha value is -3.88. The number of nitrogens with one attached hydrogen (secondary N) is 1. The summed E-state index contributed by atoms with van der Waals surface area (Å²) in [6.45, 7) is 0.